The molecule has 3 N–H and O–H groups in total. The molecule has 0 fully saturated rings. The summed E-state index contributed by atoms with van der Waals surface area (Å²) < 4.78 is 0. The number of ketones is 1. The van der Waals surface area contributed by atoms with Gasteiger partial charge in [-0.3, -0.25) is 9.59 Å². The lowest BCUT2D eigenvalue weighted by Crippen LogP contribution is -2.10. The average Bonchev–Trinajstić information content (AvgIpc) is 3.27. The molecule has 1 aliphatic rings. The SMILES string of the molecule is CC.Cc1ccc(Cl)cc1C(=O)c1ccccc1.NC=O.c1ccc2c3c(ccc2c1)CNCc1ccc2ccccc2c1-3. The van der Waals surface area contributed by atoms with Gasteiger partial charge in [0.2, 0.25) is 6.41 Å². The summed E-state index contributed by atoms with van der Waals surface area (Å²) in [5, 5.41) is 9.51. The number of aryl methyl sites for hydroxylation is 1. The number of benzene rings is 6. The maximum absolute atomic E-state index is 12.2. The molecule has 4 nitrogen and oxygen atoms in total. The van der Waals surface area contributed by atoms with Gasteiger partial charge in [0.15, 0.2) is 5.78 Å². The first-order valence-electron chi connectivity index (χ1n) is 14.8. The second-order valence-electron chi connectivity index (χ2n) is 10.0. The Bertz CT molecular complexity index is 1800. The van der Waals surface area contributed by atoms with Crippen molar-refractivity contribution >= 4 is 45.3 Å². The van der Waals surface area contributed by atoms with Crippen LogP contribution in [-0.4, -0.2) is 12.2 Å². The molecule has 7 rings (SSSR count). The third-order valence-electron chi connectivity index (χ3n) is 7.39. The molecule has 0 atom stereocenters. The van der Waals surface area contributed by atoms with E-state index in [2.05, 4.69) is 83.8 Å². The Hall–Kier alpha value is -4.77. The maximum Gasteiger partial charge on any atom is 0.204 e. The Kier molecular flexibility index (Phi) is 11.4. The van der Waals surface area contributed by atoms with Gasteiger partial charge in [-0.2, -0.15) is 0 Å². The van der Waals surface area contributed by atoms with Crippen LogP contribution in [0.2, 0.25) is 5.02 Å². The van der Waals surface area contributed by atoms with Crippen molar-refractivity contribution in [1.29, 1.82) is 0 Å². The first kappa shape index (κ1) is 32.2. The molecule has 1 heterocycles. The summed E-state index contributed by atoms with van der Waals surface area (Å²) in [7, 11) is 0. The fourth-order valence-electron chi connectivity index (χ4n) is 5.43. The topological polar surface area (TPSA) is 72.2 Å². The number of nitrogens with one attached hydrogen (secondary N) is 1. The van der Waals surface area contributed by atoms with E-state index >= 15 is 0 Å². The quantitative estimate of drug-likeness (QED) is 0.154. The fraction of sp³-hybridized carbons (Fsp3) is 0.128. The van der Waals surface area contributed by atoms with E-state index in [4.69, 9.17) is 16.4 Å². The fourth-order valence-corrected chi connectivity index (χ4v) is 5.61. The summed E-state index contributed by atoms with van der Waals surface area (Å²) in [4.78, 5) is 20.7. The van der Waals surface area contributed by atoms with Gasteiger partial charge < -0.3 is 11.1 Å². The zero-order chi connectivity index (χ0) is 31.5. The number of nitrogens with two attached hydrogens (primary N) is 1. The normalized spacial score (nSPS) is 11.2. The number of fused-ring (bicyclic) bond motifs is 7. The van der Waals surface area contributed by atoms with E-state index < -0.39 is 0 Å². The van der Waals surface area contributed by atoms with Crippen molar-refractivity contribution in [2.75, 3.05) is 0 Å². The van der Waals surface area contributed by atoms with Crippen molar-refractivity contribution in [3.63, 3.8) is 0 Å². The van der Waals surface area contributed by atoms with Crippen LogP contribution in [0.1, 0.15) is 46.5 Å². The maximum atomic E-state index is 12.2. The van der Waals surface area contributed by atoms with E-state index in [0.717, 1.165) is 18.7 Å². The molecule has 6 aromatic carbocycles. The first-order chi connectivity index (χ1) is 21.5. The molecule has 0 saturated heterocycles. The van der Waals surface area contributed by atoms with E-state index in [0.29, 0.717) is 16.1 Å². The van der Waals surface area contributed by atoms with Gasteiger partial charge in [0.05, 0.1) is 0 Å². The summed E-state index contributed by atoms with van der Waals surface area (Å²) in [5.74, 6) is 0.0144. The lowest BCUT2D eigenvalue weighted by atomic mass is 9.88. The Morgan fingerprint density at radius 1 is 0.705 bits per heavy atom. The molecule has 1 amide bonds. The predicted molar refractivity (Wildman–Crippen MR) is 185 cm³/mol. The molecule has 44 heavy (non-hydrogen) atoms. The van der Waals surface area contributed by atoms with Gasteiger partial charge in [0.25, 0.3) is 0 Å². The van der Waals surface area contributed by atoms with E-state index in [1.54, 1.807) is 12.1 Å². The molecule has 5 heteroatoms. The van der Waals surface area contributed by atoms with Crippen molar-refractivity contribution < 1.29 is 9.59 Å². The minimum absolute atomic E-state index is 0.0144. The van der Waals surface area contributed by atoms with Gasteiger partial charge in [0.1, 0.15) is 0 Å². The molecule has 0 saturated carbocycles. The molecular weight excluding hydrogens is 564 g/mol. The number of carbonyl (C=O) groups excluding carboxylic acids is 2. The Balaban J connectivity index is 0.000000185. The Labute approximate surface area is 264 Å². The number of rotatable bonds is 2. The molecule has 0 spiro atoms. The van der Waals surface area contributed by atoms with Crippen molar-refractivity contribution in [2.24, 2.45) is 5.73 Å². The van der Waals surface area contributed by atoms with Gasteiger partial charge in [0, 0.05) is 29.2 Å². The average molecular weight is 601 g/mol. The van der Waals surface area contributed by atoms with Gasteiger partial charge in [-0.1, -0.05) is 135 Å². The minimum atomic E-state index is 0.0144. The van der Waals surface area contributed by atoms with Crippen LogP contribution >= 0.6 is 11.6 Å². The molecule has 0 radical (unpaired) electrons. The van der Waals surface area contributed by atoms with Crippen LogP contribution < -0.4 is 11.1 Å². The zero-order valence-electron chi connectivity index (χ0n) is 25.3. The number of halogens is 1. The summed E-state index contributed by atoms with van der Waals surface area (Å²) >= 11 is 5.90. The number of carbonyl (C=O) groups is 2. The number of hydrogen-bond donors (Lipinski definition) is 2. The summed E-state index contributed by atoms with van der Waals surface area (Å²) in [6.45, 7) is 7.75. The van der Waals surface area contributed by atoms with Crippen LogP contribution in [0.25, 0.3) is 32.7 Å². The molecule has 0 unspecified atom stereocenters. The molecule has 0 aliphatic carbocycles. The van der Waals surface area contributed by atoms with Crippen molar-refractivity contribution in [2.45, 2.75) is 33.9 Å². The predicted octanol–water partition coefficient (Wildman–Crippen LogP) is 9.27. The Morgan fingerprint density at radius 2 is 1.18 bits per heavy atom. The summed E-state index contributed by atoms with van der Waals surface area (Å²) in [6.07, 6.45) is 0.250. The summed E-state index contributed by atoms with van der Waals surface area (Å²) in [5.41, 5.74) is 12.0. The van der Waals surface area contributed by atoms with Gasteiger partial charge >= 0.3 is 0 Å². The van der Waals surface area contributed by atoms with Crippen LogP contribution in [0.3, 0.4) is 0 Å². The highest BCUT2D eigenvalue weighted by molar-refractivity contribution is 6.31. The summed E-state index contributed by atoms with van der Waals surface area (Å²) in [6, 6.07) is 41.1. The Morgan fingerprint density at radius 3 is 1.70 bits per heavy atom. The first-order valence-corrected chi connectivity index (χ1v) is 15.1. The highest BCUT2D eigenvalue weighted by Crippen LogP contribution is 2.40. The molecule has 6 aromatic rings. The number of hydrogen-bond acceptors (Lipinski definition) is 3. The van der Waals surface area contributed by atoms with Crippen LogP contribution in [0, 0.1) is 6.92 Å². The van der Waals surface area contributed by atoms with Gasteiger partial charge in [-0.05, 0) is 68.4 Å². The van der Waals surface area contributed by atoms with Crippen LogP contribution in [0.15, 0.2) is 121 Å². The lowest BCUT2D eigenvalue weighted by molar-refractivity contribution is -0.106. The molecule has 222 valence electrons. The van der Waals surface area contributed by atoms with Gasteiger partial charge in [-0.15, -0.1) is 0 Å². The highest BCUT2D eigenvalue weighted by atomic mass is 35.5. The zero-order valence-corrected chi connectivity index (χ0v) is 26.1. The standard InChI is InChI=1S/C22H17N.C14H11ClO.C2H6.CH3NO/c1-3-7-19-15(5-1)9-11-17-13-23-14-18-12-10-16-6-2-4-8-20(16)22(18)21(17)19;1-10-7-8-12(15)9-13(10)14(16)11-5-3-2-4-6-11;1-2;2-1-3/h1-12,23H,13-14H2;2-9H,1H3;1-2H3;1H,(H2,2,3). The monoisotopic (exact) mass is 600 g/mol. The third-order valence-corrected chi connectivity index (χ3v) is 7.63. The van der Waals surface area contributed by atoms with Crippen LogP contribution in [0.4, 0.5) is 0 Å². The van der Waals surface area contributed by atoms with Crippen LogP contribution in [0.5, 0.6) is 0 Å². The molecular formula is C39H37ClN2O2. The highest BCUT2D eigenvalue weighted by Gasteiger charge is 2.19. The van der Waals surface area contributed by atoms with E-state index in [-0.39, 0.29) is 12.2 Å². The van der Waals surface area contributed by atoms with E-state index in [1.165, 1.54) is 43.8 Å². The van der Waals surface area contributed by atoms with Crippen molar-refractivity contribution in [3.8, 4) is 11.1 Å². The van der Waals surface area contributed by atoms with Crippen molar-refractivity contribution in [1.82, 2.24) is 5.32 Å². The van der Waals surface area contributed by atoms with Crippen molar-refractivity contribution in [3.05, 3.63) is 154 Å². The second kappa shape index (κ2) is 15.6. The smallest absolute Gasteiger partial charge is 0.204 e. The third kappa shape index (κ3) is 7.23. The minimum Gasteiger partial charge on any atom is -0.372 e. The van der Waals surface area contributed by atoms with Gasteiger partial charge in [-0.25, -0.2) is 0 Å². The van der Waals surface area contributed by atoms with Crippen LogP contribution in [-0.2, 0) is 17.9 Å². The number of amides is 1. The molecule has 1 aliphatic heterocycles. The number of primary amides is 1. The lowest BCUT2D eigenvalue weighted by Gasteiger charge is -2.15. The van der Waals surface area contributed by atoms with E-state index in [9.17, 15) is 4.79 Å². The second-order valence-corrected chi connectivity index (χ2v) is 10.5. The largest absolute Gasteiger partial charge is 0.372 e. The molecule has 0 bridgehead atoms. The molecule has 0 aromatic heterocycles. The van der Waals surface area contributed by atoms with E-state index in [1.807, 2.05) is 57.2 Å².